The van der Waals surface area contributed by atoms with Gasteiger partial charge in [-0.05, 0) is 202 Å². The van der Waals surface area contributed by atoms with Gasteiger partial charge in [0, 0.05) is 61.9 Å². The Morgan fingerprint density at radius 2 is 0.476 bits per heavy atom. The topological polar surface area (TPSA) is 77.5 Å². The molecule has 18 aromatic carbocycles. The average molecular weight is 1750 g/mol. The van der Waals surface area contributed by atoms with Crippen molar-refractivity contribution in [3.8, 4) is 33.8 Å². The Balaban J connectivity index is 0.000000131. The van der Waals surface area contributed by atoms with E-state index < -0.39 is 48.5 Å². The molecule has 0 fully saturated rings. The van der Waals surface area contributed by atoms with Crippen molar-refractivity contribution >= 4 is 167 Å². The highest BCUT2D eigenvalue weighted by Crippen LogP contribution is 2.51. The largest absolute Gasteiger partial charge is 0.453 e. The molecular weight excluding hydrogens is 1660 g/mol. The van der Waals surface area contributed by atoms with E-state index in [1.807, 2.05) is 111 Å². The third-order valence-corrected chi connectivity index (χ3v) is 34.2. The van der Waals surface area contributed by atoms with Crippen molar-refractivity contribution in [2.24, 2.45) is 0 Å². The van der Waals surface area contributed by atoms with E-state index in [4.69, 9.17) is 25.8 Å². The maximum Gasteiger partial charge on any atom is 0.453 e. The lowest BCUT2D eigenvalue weighted by Gasteiger charge is -2.33. The molecule has 126 heavy (non-hydrogen) atoms. The first-order chi connectivity index (χ1) is 62.0. The SMILES string of the molecule is CN(CCN(C)P(c1ccccc1)c1ccccc1)P(c1ccccc1)c1ccccc1.Cc1cc(C)c(Op2oc3ccccc3c3ccccc3o2)c(-c2cc(C)cc(C)c2Op2oc3ccccc3c3ccccc3o2)c1.c1ccc(P(c2ccccc2)c2ccc3ccccc3c2-c2c(P(c3ccccc3)c3ccccc3)ccc3ccccc23)cc1. The Morgan fingerprint density at radius 1 is 0.246 bits per heavy atom. The van der Waals surface area contributed by atoms with Gasteiger partial charge in [0.1, 0.15) is 33.8 Å². The molecule has 2 heterocycles. The van der Waals surface area contributed by atoms with E-state index in [1.54, 1.807) is 0 Å². The monoisotopic (exact) mass is 1750 g/mol. The molecule has 20 aromatic rings. The number of benzene rings is 18. The van der Waals surface area contributed by atoms with Crippen LogP contribution >= 0.6 is 48.5 Å². The summed E-state index contributed by atoms with van der Waals surface area (Å²) in [6.07, 6.45) is 0. The smallest absolute Gasteiger partial charge is 0.390 e. The Kier molecular flexibility index (Phi) is 26.6. The van der Waals surface area contributed by atoms with Crippen LogP contribution in [0.3, 0.4) is 0 Å². The summed E-state index contributed by atoms with van der Waals surface area (Å²) >= 11 is 0. The normalized spacial score (nSPS) is 11.4. The van der Waals surface area contributed by atoms with Crippen molar-refractivity contribution in [2.45, 2.75) is 27.7 Å². The Labute approximate surface area is 744 Å². The summed E-state index contributed by atoms with van der Waals surface area (Å²) in [4.78, 5) is 0. The molecule has 0 N–H and O–H groups in total. The molecule has 0 saturated heterocycles. The number of hydrogen-bond acceptors (Lipinski definition) is 8. The van der Waals surface area contributed by atoms with E-state index in [0.717, 1.165) is 68.0 Å². The van der Waals surface area contributed by atoms with E-state index in [2.05, 4.69) is 377 Å². The van der Waals surface area contributed by atoms with Crippen molar-refractivity contribution in [2.75, 3.05) is 27.2 Å². The highest BCUT2D eigenvalue weighted by Gasteiger charge is 2.30. The molecule has 618 valence electrons. The predicted molar refractivity (Wildman–Crippen MR) is 543 cm³/mol. The molecule has 0 aliphatic rings. The number of likely N-dealkylation sites (N-methyl/N-ethyl adjacent to an activating group) is 2. The van der Waals surface area contributed by atoms with Crippen LogP contribution in [0.15, 0.2) is 454 Å². The fourth-order valence-electron chi connectivity index (χ4n) is 16.6. The van der Waals surface area contributed by atoms with Gasteiger partial charge in [0.15, 0.2) is 0 Å². The van der Waals surface area contributed by atoms with Crippen molar-refractivity contribution in [3.63, 3.8) is 0 Å². The summed E-state index contributed by atoms with van der Waals surface area (Å²) in [7, 11) is -2.01. The van der Waals surface area contributed by atoms with E-state index in [9.17, 15) is 0 Å². The van der Waals surface area contributed by atoms with Crippen molar-refractivity contribution in [1.82, 2.24) is 9.34 Å². The lowest BCUT2D eigenvalue weighted by Crippen LogP contribution is -2.34. The first-order valence-corrected chi connectivity index (χ1v) is 49.8. The van der Waals surface area contributed by atoms with Gasteiger partial charge in [-0.1, -0.05) is 400 Å². The maximum absolute atomic E-state index is 6.77. The molecule has 8 nitrogen and oxygen atoms in total. The van der Waals surface area contributed by atoms with Gasteiger partial charge in [0.25, 0.3) is 0 Å². The second-order valence-corrected chi connectivity index (χ2v) is 42.0. The minimum atomic E-state index is -1.87. The lowest BCUT2D eigenvalue weighted by molar-refractivity contribution is 0.459. The lowest BCUT2D eigenvalue weighted by atomic mass is 9.93. The van der Waals surface area contributed by atoms with Gasteiger partial charge in [0.05, 0.1) is 0 Å². The maximum atomic E-state index is 6.77. The summed E-state index contributed by atoms with van der Waals surface area (Å²) in [6.45, 7) is 10.2. The molecule has 0 atom stereocenters. The average Bonchev–Trinajstić information content (AvgIpc) is 0.836. The van der Waals surface area contributed by atoms with Gasteiger partial charge in [-0.2, -0.15) is 0 Å². The fourth-order valence-corrected chi connectivity index (χ4v) is 28.4. The van der Waals surface area contributed by atoms with Crippen LogP contribution in [0.2, 0.25) is 0 Å². The van der Waals surface area contributed by atoms with Gasteiger partial charge in [-0.3, -0.25) is 9.34 Å². The zero-order valence-electron chi connectivity index (χ0n) is 71.0. The molecule has 0 amide bonds. The van der Waals surface area contributed by atoms with Gasteiger partial charge in [-0.15, -0.1) is 0 Å². The molecule has 0 radical (unpaired) electrons. The van der Waals surface area contributed by atoms with Crippen LogP contribution in [0.4, 0.5) is 0 Å². The van der Waals surface area contributed by atoms with E-state index in [0.29, 0.717) is 33.8 Å². The molecular formula is C112H94N2O6P6. The summed E-state index contributed by atoms with van der Waals surface area (Å²) in [5, 5.41) is 22.8. The first kappa shape index (κ1) is 84.4. The molecule has 0 saturated carbocycles. The van der Waals surface area contributed by atoms with Crippen molar-refractivity contribution < 1.29 is 25.8 Å². The van der Waals surface area contributed by atoms with Crippen LogP contribution in [0, 0.1) is 27.7 Å². The fraction of sp³-hybridized carbons (Fsp3) is 0.0714. The number of para-hydroxylation sites is 4. The second-order valence-electron chi connectivity index (χ2n) is 31.0. The Hall–Kier alpha value is -12.5. The summed E-state index contributed by atoms with van der Waals surface area (Å²) in [5.74, 6) is 1.31. The highest BCUT2D eigenvalue weighted by atomic mass is 31.1. The first-order valence-electron chi connectivity index (χ1n) is 42.4. The van der Waals surface area contributed by atoms with Crippen molar-refractivity contribution in [3.05, 3.63) is 459 Å². The summed E-state index contributed by atoms with van der Waals surface area (Å²) < 4.78 is 44.4. The third-order valence-electron chi connectivity index (χ3n) is 22.3. The molecule has 0 spiro atoms. The van der Waals surface area contributed by atoms with Crippen molar-refractivity contribution in [1.29, 1.82) is 0 Å². The van der Waals surface area contributed by atoms with Gasteiger partial charge in [0.2, 0.25) is 0 Å². The Morgan fingerprint density at radius 3 is 0.746 bits per heavy atom. The molecule has 0 aliphatic carbocycles. The van der Waals surface area contributed by atoms with Crippen LogP contribution in [-0.2, 0) is 0 Å². The zero-order chi connectivity index (χ0) is 85.7. The second kappa shape index (κ2) is 39.8. The minimum absolute atomic E-state index is 0.557. The summed E-state index contributed by atoms with van der Waals surface area (Å²) in [6, 6.07) is 156. The van der Waals surface area contributed by atoms with Crippen LogP contribution in [-0.4, -0.2) is 36.5 Å². The van der Waals surface area contributed by atoms with Crippen LogP contribution in [0.5, 0.6) is 11.5 Å². The van der Waals surface area contributed by atoms with Gasteiger partial charge >= 0.3 is 16.5 Å². The third kappa shape index (κ3) is 18.9. The molecule has 14 heteroatoms. The number of hydrogen-bond donors (Lipinski definition) is 0. The standard InChI is InChI=1S/C44H32P2.C40H32O6P2.C28H30N2P2/c1-5-19-35(20-6-1)45(36-21-7-2-8-22-36)41-31-29-33-17-13-15-27-39(33)43(41)44-40-28-16-14-18-34(40)30-32-42(44)46(37-23-9-3-10-24-37)38-25-11-4-12-26-38;1-25-21-27(3)39(45-47-41-35-17-9-5-13-29(35)30-14-6-10-18-36(30)42-47)33(23-25)34-24-26(2)22-28(4)40(34)46-48-43-37-19-11-7-15-31(37)32-16-8-12-20-38(32)44-48;1-29(31(25-15-7-3-8-16-25)26-17-9-4-10-18-26)23-24-30(2)32(27-19-11-5-12-20-27)28-21-13-6-14-22-28/h1-32H;5-24H,1-4H3;3-22H,23-24H2,1-2H3. The molecule has 0 unspecified atom stereocenters. The molecule has 2 aromatic heterocycles. The van der Waals surface area contributed by atoms with Crippen LogP contribution < -0.4 is 62.1 Å². The van der Waals surface area contributed by atoms with E-state index in [-0.39, 0.29) is 0 Å². The van der Waals surface area contributed by atoms with Gasteiger partial charge < -0.3 is 25.8 Å². The number of rotatable bonds is 21. The predicted octanol–water partition coefficient (Wildman–Crippen LogP) is 27.6. The molecule has 0 aliphatic heterocycles. The number of fused-ring (bicyclic) bond motifs is 8. The summed E-state index contributed by atoms with van der Waals surface area (Å²) in [5.41, 5.74) is 11.3. The van der Waals surface area contributed by atoms with Crippen LogP contribution in [0.25, 0.3) is 87.7 Å². The van der Waals surface area contributed by atoms with E-state index >= 15 is 0 Å². The number of aryl methyl sites for hydroxylation is 4. The minimum Gasteiger partial charge on any atom is -0.390 e. The quantitative estimate of drug-likeness (QED) is 0.0659. The van der Waals surface area contributed by atoms with Gasteiger partial charge in [-0.25, -0.2) is 0 Å². The molecule has 20 rings (SSSR count). The van der Waals surface area contributed by atoms with E-state index in [1.165, 1.54) is 85.7 Å². The zero-order valence-corrected chi connectivity index (χ0v) is 76.4. The molecule has 0 bridgehead atoms. The Bertz CT molecular complexity index is 6520. The highest BCUT2D eigenvalue weighted by molar-refractivity contribution is 7.81. The van der Waals surface area contributed by atoms with Crippen LogP contribution in [0.1, 0.15) is 22.3 Å². The number of nitrogens with zero attached hydrogens (tertiary/aromatic N) is 2.